The number of hydrogen-bond acceptors (Lipinski definition) is 4. The minimum absolute atomic E-state index is 0.0120. The Bertz CT molecular complexity index is 684. The van der Waals surface area contributed by atoms with Crippen LogP contribution in [0.5, 0.6) is 5.75 Å². The molecule has 1 heterocycles. The lowest BCUT2D eigenvalue weighted by molar-refractivity contribution is -0.139. The molecule has 1 aromatic carbocycles. The first-order chi connectivity index (χ1) is 12.9. The number of carbonyl (C=O) groups is 2. The van der Waals surface area contributed by atoms with Crippen molar-refractivity contribution in [1.29, 1.82) is 0 Å². The van der Waals surface area contributed by atoms with E-state index in [4.69, 9.17) is 14.6 Å². The Morgan fingerprint density at radius 2 is 1.78 bits per heavy atom. The number of carboxylic acids is 1. The zero-order valence-electron chi connectivity index (χ0n) is 16.3. The van der Waals surface area contributed by atoms with E-state index in [1.165, 1.54) is 12.8 Å². The summed E-state index contributed by atoms with van der Waals surface area (Å²) in [7, 11) is 0. The first kappa shape index (κ1) is 19.7. The van der Waals surface area contributed by atoms with Gasteiger partial charge in [0.25, 0.3) is 5.91 Å². The molecule has 6 heteroatoms. The van der Waals surface area contributed by atoms with Gasteiger partial charge in [-0.3, -0.25) is 4.79 Å². The number of morpholine rings is 1. The summed E-state index contributed by atoms with van der Waals surface area (Å²) in [5, 5.41) is 8.81. The number of aliphatic carboxylic acids is 1. The maximum atomic E-state index is 13.1. The molecule has 0 aromatic heterocycles. The second kappa shape index (κ2) is 8.30. The predicted molar refractivity (Wildman–Crippen MR) is 101 cm³/mol. The van der Waals surface area contributed by atoms with Gasteiger partial charge < -0.3 is 19.5 Å². The second-order valence-corrected chi connectivity index (χ2v) is 7.79. The van der Waals surface area contributed by atoms with Crippen LogP contribution >= 0.6 is 0 Å². The quantitative estimate of drug-likeness (QED) is 0.874. The maximum Gasteiger partial charge on any atom is 0.341 e. The Hall–Kier alpha value is -2.08. The Labute approximate surface area is 160 Å². The lowest BCUT2D eigenvalue weighted by Gasteiger charge is -2.42. The molecule has 0 radical (unpaired) electrons. The molecule has 1 saturated carbocycles. The third-order valence-electron chi connectivity index (χ3n) is 5.60. The average molecular weight is 375 g/mol. The van der Waals surface area contributed by atoms with Crippen LogP contribution in [0.4, 0.5) is 0 Å². The summed E-state index contributed by atoms with van der Waals surface area (Å²) < 4.78 is 11.5. The average Bonchev–Trinajstić information content (AvgIpc) is 2.85. The molecule has 0 unspecified atom stereocenters. The van der Waals surface area contributed by atoms with E-state index >= 15 is 0 Å². The summed E-state index contributed by atoms with van der Waals surface area (Å²) in [4.78, 5) is 25.8. The number of rotatable bonds is 4. The van der Waals surface area contributed by atoms with Gasteiger partial charge in [-0.15, -0.1) is 0 Å². The molecule has 3 rings (SSSR count). The van der Waals surface area contributed by atoms with Crippen LogP contribution in [0.2, 0.25) is 0 Å². The fraction of sp³-hybridized carbons (Fsp3) is 0.619. The monoisotopic (exact) mass is 375 g/mol. The van der Waals surface area contributed by atoms with Gasteiger partial charge in [0, 0.05) is 12.1 Å². The summed E-state index contributed by atoms with van der Waals surface area (Å²) in [5.41, 5.74) is 1.99. The van der Waals surface area contributed by atoms with Crippen molar-refractivity contribution >= 4 is 11.9 Å². The van der Waals surface area contributed by atoms with Crippen LogP contribution in [-0.2, 0) is 9.53 Å². The minimum Gasteiger partial charge on any atom is -0.481 e. The van der Waals surface area contributed by atoms with Crippen LogP contribution in [0.15, 0.2) is 12.1 Å². The van der Waals surface area contributed by atoms with Gasteiger partial charge in [0.2, 0.25) is 0 Å². The van der Waals surface area contributed by atoms with E-state index in [1.54, 1.807) is 12.1 Å². The van der Waals surface area contributed by atoms with E-state index in [-0.39, 0.29) is 18.1 Å². The molecule has 2 fully saturated rings. The van der Waals surface area contributed by atoms with Crippen molar-refractivity contribution in [3.05, 3.63) is 28.8 Å². The van der Waals surface area contributed by atoms with Gasteiger partial charge >= 0.3 is 5.97 Å². The summed E-state index contributed by atoms with van der Waals surface area (Å²) in [6, 6.07) is 3.59. The normalized spacial score (nSPS) is 19.6. The molecule has 1 aliphatic heterocycles. The molecule has 0 atom stereocenters. The van der Waals surface area contributed by atoms with Crippen LogP contribution < -0.4 is 4.74 Å². The number of ether oxygens (including phenoxy) is 2. The Morgan fingerprint density at radius 3 is 2.37 bits per heavy atom. The molecule has 1 N–H and O–H groups in total. The molecule has 148 valence electrons. The standard InChI is InChI=1S/C21H29NO5/c1-15-11-17(12-16(2)19(15)26-13-18(23)24)20(25)22-9-10-27-21(14-22)7-5-3-4-6-8-21/h11-12H,3-10,13-14H2,1-2H3,(H,23,24). The number of amides is 1. The second-order valence-electron chi connectivity index (χ2n) is 7.79. The van der Waals surface area contributed by atoms with Gasteiger partial charge in [-0.1, -0.05) is 25.7 Å². The van der Waals surface area contributed by atoms with Crippen molar-refractivity contribution in [2.75, 3.05) is 26.3 Å². The fourth-order valence-corrected chi connectivity index (χ4v) is 4.31. The smallest absolute Gasteiger partial charge is 0.341 e. The molecule has 1 aromatic rings. The van der Waals surface area contributed by atoms with Gasteiger partial charge in [-0.05, 0) is 49.9 Å². The van der Waals surface area contributed by atoms with Crippen LogP contribution in [0, 0.1) is 13.8 Å². The molecule has 1 saturated heterocycles. The largest absolute Gasteiger partial charge is 0.481 e. The van der Waals surface area contributed by atoms with Gasteiger partial charge in [-0.2, -0.15) is 0 Å². The summed E-state index contributed by atoms with van der Waals surface area (Å²) in [5.74, 6) is -0.468. The minimum atomic E-state index is -1.02. The van der Waals surface area contributed by atoms with Crippen LogP contribution in [-0.4, -0.2) is 53.8 Å². The van der Waals surface area contributed by atoms with E-state index in [0.29, 0.717) is 31.0 Å². The van der Waals surface area contributed by atoms with Crippen molar-refractivity contribution in [1.82, 2.24) is 4.90 Å². The summed E-state index contributed by atoms with van der Waals surface area (Å²) >= 11 is 0. The van der Waals surface area contributed by atoms with Crippen molar-refractivity contribution in [3.8, 4) is 5.75 Å². The molecule has 0 bridgehead atoms. The van der Waals surface area contributed by atoms with E-state index in [0.717, 1.165) is 36.8 Å². The number of carboxylic acid groups (broad SMARTS) is 1. The SMILES string of the molecule is Cc1cc(C(=O)N2CCOC3(CCCCCC3)C2)cc(C)c1OCC(=O)O. The highest BCUT2D eigenvalue weighted by Gasteiger charge is 2.38. The molecular weight excluding hydrogens is 346 g/mol. The summed E-state index contributed by atoms with van der Waals surface area (Å²) in [6.07, 6.45) is 6.86. The molecule has 6 nitrogen and oxygen atoms in total. The molecule has 1 aliphatic carbocycles. The van der Waals surface area contributed by atoms with Gasteiger partial charge in [0.15, 0.2) is 6.61 Å². The van der Waals surface area contributed by atoms with Gasteiger partial charge in [-0.25, -0.2) is 4.79 Å². The Morgan fingerprint density at radius 1 is 1.15 bits per heavy atom. The van der Waals surface area contributed by atoms with Crippen LogP contribution in [0.3, 0.4) is 0 Å². The highest BCUT2D eigenvalue weighted by Crippen LogP contribution is 2.34. The Kier molecular flexibility index (Phi) is 6.05. The lowest BCUT2D eigenvalue weighted by atomic mass is 9.91. The highest BCUT2D eigenvalue weighted by atomic mass is 16.5. The van der Waals surface area contributed by atoms with Crippen molar-refractivity contribution in [3.63, 3.8) is 0 Å². The molecular formula is C21H29NO5. The van der Waals surface area contributed by atoms with E-state index in [1.807, 2.05) is 18.7 Å². The number of nitrogens with zero attached hydrogens (tertiary/aromatic N) is 1. The molecule has 1 amide bonds. The predicted octanol–water partition coefficient (Wildman–Crippen LogP) is 3.33. The zero-order valence-corrected chi connectivity index (χ0v) is 16.3. The number of hydrogen-bond donors (Lipinski definition) is 1. The molecule has 1 spiro atoms. The topological polar surface area (TPSA) is 76.1 Å². The third kappa shape index (κ3) is 4.61. The van der Waals surface area contributed by atoms with E-state index < -0.39 is 5.97 Å². The Balaban J connectivity index is 1.75. The van der Waals surface area contributed by atoms with Crippen LogP contribution in [0.25, 0.3) is 0 Å². The lowest BCUT2D eigenvalue weighted by Crippen LogP contribution is -2.53. The first-order valence-electron chi connectivity index (χ1n) is 9.79. The molecule has 27 heavy (non-hydrogen) atoms. The number of carbonyl (C=O) groups excluding carboxylic acids is 1. The maximum absolute atomic E-state index is 13.1. The molecule has 2 aliphatic rings. The van der Waals surface area contributed by atoms with E-state index in [9.17, 15) is 9.59 Å². The van der Waals surface area contributed by atoms with Crippen molar-refractivity contribution in [2.45, 2.75) is 58.0 Å². The first-order valence-corrected chi connectivity index (χ1v) is 9.79. The summed E-state index contributed by atoms with van der Waals surface area (Å²) in [6.45, 7) is 5.14. The fourth-order valence-electron chi connectivity index (χ4n) is 4.31. The van der Waals surface area contributed by atoms with E-state index in [2.05, 4.69) is 0 Å². The van der Waals surface area contributed by atoms with Crippen molar-refractivity contribution in [2.24, 2.45) is 0 Å². The number of benzene rings is 1. The number of aryl methyl sites for hydroxylation is 2. The van der Waals surface area contributed by atoms with Crippen molar-refractivity contribution < 1.29 is 24.2 Å². The van der Waals surface area contributed by atoms with Gasteiger partial charge in [0.05, 0.1) is 18.8 Å². The third-order valence-corrected chi connectivity index (χ3v) is 5.60. The highest BCUT2D eigenvalue weighted by molar-refractivity contribution is 5.95. The van der Waals surface area contributed by atoms with Gasteiger partial charge in [0.1, 0.15) is 5.75 Å². The van der Waals surface area contributed by atoms with Crippen LogP contribution in [0.1, 0.15) is 60.0 Å². The zero-order chi connectivity index (χ0) is 19.4.